The molecule has 0 atom stereocenters. The summed E-state index contributed by atoms with van der Waals surface area (Å²) in [4.78, 5) is 11.8. The minimum absolute atomic E-state index is 0.309. The van der Waals surface area contributed by atoms with E-state index >= 15 is 0 Å². The van der Waals surface area contributed by atoms with Gasteiger partial charge in [0.1, 0.15) is 0 Å². The second-order valence-corrected chi connectivity index (χ2v) is 5.34. The number of nitrogens with one attached hydrogen (secondary N) is 2. The van der Waals surface area contributed by atoms with Crippen LogP contribution in [-0.4, -0.2) is 30.5 Å². The maximum absolute atomic E-state index is 13.2. The first-order valence-corrected chi connectivity index (χ1v) is 6.67. The van der Waals surface area contributed by atoms with Gasteiger partial charge in [-0.25, -0.2) is 0 Å². The average molecular weight is 342 g/mol. The predicted molar refractivity (Wildman–Crippen MR) is 71.6 cm³/mol. The Balaban J connectivity index is 3.24. The van der Waals surface area contributed by atoms with Gasteiger partial charge in [-0.05, 0) is 18.1 Å². The van der Waals surface area contributed by atoms with Gasteiger partial charge in [-0.15, -0.1) is 0 Å². The van der Waals surface area contributed by atoms with Crippen LogP contribution in [-0.2, 0) is 0 Å². The van der Waals surface area contributed by atoms with Crippen molar-refractivity contribution in [1.82, 2.24) is 10.6 Å². The fourth-order valence-corrected chi connectivity index (χ4v) is 1.74. The van der Waals surface area contributed by atoms with Gasteiger partial charge < -0.3 is 5.32 Å². The topological polar surface area (TPSA) is 41.1 Å². The van der Waals surface area contributed by atoms with E-state index in [0.29, 0.717) is 0 Å². The van der Waals surface area contributed by atoms with E-state index < -0.39 is 36.4 Å². The van der Waals surface area contributed by atoms with Gasteiger partial charge in [0.15, 0.2) is 0 Å². The molecule has 23 heavy (non-hydrogen) atoms. The van der Waals surface area contributed by atoms with Gasteiger partial charge in [0.2, 0.25) is 0 Å². The number of halogens is 6. The molecule has 2 N–H and O–H groups in total. The van der Waals surface area contributed by atoms with Crippen molar-refractivity contribution in [3.05, 3.63) is 35.9 Å². The van der Waals surface area contributed by atoms with Crippen LogP contribution in [0.5, 0.6) is 0 Å². The first kappa shape index (κ1) is 19.3. The fourth-order valence-electron chi connectivity index (χ4n) is 1.74. The van der Waals surface area contributed by atoms with Crippen LogP contribution in [0.15, 0.2) is 30.3 Å². The molecule has 0 unspecified atom stereocenters. The number of carbonyl (C=O) groups excluding carboxylic acids is 1. The van der Waals surface area contributed by atoms with Crippen LogP contribution in [0.25, 0.3) is 0 Å². The van der Waals surface area contributed by atoms with Crippen molar-refractivity contribution in [2.24, 2.45) is 5.92 Å². The Morgan fingerprint density at radius 1 is 1.00 bits per heavy atom. The molecule has 0 radical (unpaired) electrons. The van der Waals surface area contributed by atoms with E-state index in [9.17, 15) is 31.1 Å². The van der Waals surface area contributed by atoms with Crippen LogP contribution in [0.3, 0.4) is 0 Å². The standard InChI is InChI=1S/C14H16F6N2O/c1-9(2)8-21-12(13(15,16)17,14(18,19)20)22-11(23)10-6-4-3-5-7-10/h3-7,9,21H,8H2,1-2H3,(H,22,23). The van der Waals surface area contributed by atoms with Crippen molar-refractivity contribution >= 4 is 5.91 Å². The molecule has 0 spiro atoms. The molecule has 0 saturated heterocycles. The molecule has 0 saturated carbocycles. The molecule has 0 aliphatic carbocycles. The number of amides is 1. The Morgan fingerprint density at radius 2 is 1.48 bits per heavy atom. The Morgan fingerprint density at radius 3 is 1.87 bits per heavy atom. The molecule has 130 valence electrons. The summed E-state index contributed by atoms with van der Waals surface area (Å²) in [5.41, 5.74) is -4.83. The number of rotatable bonds is 5. The third-order valence-electron chi connectivity index (χ3n) is 2.96. The fraction of sp³-hybridized carbons (Fsp3) is 0.500. The van der Waals surface area contributed by atoms with Crippen molar-refractivity contribution < 1.29 is 31.1 Å². The molecule has 1 aromatic rings. The van der Waals surface area contributed by atoms with Gasteiger partial charge in [-0.2, -0.15) is 26.3 Å². The lowest BCUT2D eigenvalue weighted by Gasteiger charge is -2.39. The molecule has 0 heterocycles. The van der Waals surface area contributed by atoms with E-state index in [4.69, 9.17) is 0 Å². The Labute approximate surface area is 129 Å². The first-order chi connectivity index (χ1) is 10.4. The molecule has 0 aromatic heterocycles. The van der Waals surface area contributed by atoms with Gasteiger partial charge in [-0.3, -0.25) is 10.1 Å². The highest BCUT2D eigenvalue weighted by atomic mass is 19.4. The van der Waals surface area contributed by atoms with E-state index in [1.807, 2.05) is 0 Å². The van der Waals surface area contributed by atoms with Gasteiger partial charge >= 0.3 is 12.4 Å². The molecule has 1 rings (SSSR count). The highest BCUT2D eigenvalue weighted by molar-refractivity contribution is 5.94. The average Bonchev–Trinajstić information content (AvgIpc) is 2.41. The lowest BCUT2D eigenvalue weighted by Crippen LogP contribution is -2.75. The minimum atomic E-state index is -5.77. The minimum Gasteiger partial charge on any atom is -0.319 e. The highest BCUT2D eigenvalue weighted by Gasteiger charge is 2.72. The monoisotopic (exact) mass is 342 g/mol. The molecule has 0 bridgehead atoms. The van der Waals surface area contributed by atoms with E-state index in [-0.39, 0.29) is 5.56 Å². The number of benzene rings is 1. The van der Waals surface area contributed by atoms with Crippen LogP contribution in [0, 0.1) is 5.92 Å². The van der Waals surface area contributed by atoms with Crippen LogP contribution in [0.4, 0.5) is 26.3 Å². The van der Waals surface area contributed by atoms with E-state index in [0.717, 1.165) is 17.4 Å². The van der Waals surface area contributed by atoms with E-state index in [2.05, 4.69) is 0 Å². The largest absolute Gasteiger partial charge is 0.434 e. The lowest BCUT2D eigenvalue weighted by molar-refractivity contribution is -0.314. The zero-order valence-electron chi connectivity index (χ0n) is 12.3. The van der Waals surface area contributed by atoms with E-state index in [1.165, 1.54) is 37.4 Å². The van der Waals surface area contributed by atoms with Crippen molar-refractivity contribution in [3.63, 3.8) is 0 Å². The molecule has 1 amide bonds. The summed E-state index contributed by atoms with van der Waals surface area (Å²) in [6, 6.07) is 6.39. The van der Waals surface area contributed by atoms with Crippen molar-refractivity contribution in [1.29, 1.82) is 0 Å². The maximum Gasteiger partial charge on any atom is 0.434 e. The molecule has 0 aliphatic rings. The van der Waals surface area contributed by atoms with Crippen LogP contribution >= 0.6 is 0 Å². The van der Waals surface area contributed by atoms with Gasteiger partial charge in [0, 0.05) is 12.1 Å². The Hall–Kier alpha value is -1.77. The number of alkyl halides is 6. The quantitative estimate of drug-likeness (QED) is 0.635. The van der Waals surface area contributed by atoms with E-state index in [1.54, 1.807) is 0 Å². The molecule has 0 aliphatic heterocycles. The smallest absolute Gasteiger partial charge is 0.319 e. The Bertz CT molecular complexity index is 510. The number of hydrogen-bond donors (Lipinski definition) is 2. The lowest BCUT2D eigenvalue weighted by atomic mass is 10.1. The molecule has 9 heteroatoms. The molecule has 1 aromatic carbocycles. The maximum atomic E-state index is 13.2. The normalized spacial score (nSPS) is 13.3. The summed E-state index contributed by atoms with van der Waals surface area (Å²) in [5.74, 6) is -1.97. The van der Waals surface area contributed by atoms with Crippen molar-refractivity contribution in [2.45, 2.75) is 31.9 Å². The zero-order valence-corrected chi connectivity index (χ0v) is 12.3. The summed E-state index contributed by atoms with van der Waals surface area (Å²) in [6.07, 6.45) is -11.5. The molecule has 3 nitrogen and oxygen atoms in total. The third-order valence-corrected chi connectivity index (χ3v) is 2.96. The van der Waals surface area contributed by atoms with Crippen molar-refractivity contribution in [2.75, 3.05) is 6.54 Å². The second kappa shape index (κ2) is 6.77. The highest BCUT2D eigenvalue weighted by Crippen LogP contribution is 2.41. The summed E-state index contributed by atoms with van der Waals surface area (Å²) < 4.78 is 79.2. The Kier molecular flexibility index (Phi) is 5.68. The summed E-state index contributed by atoms with van der Waals surface area (Å²) in [7, 11) is 0. The summed E-state index contributed by atoms with van der Waals surface area (Å²) >= 11 is 0. The number of carbonyl (C=O) groups is 1. The molecule has 0 fully saturated rings. The van der Waals surface area contributed by atoms with Gasteiger partial charge in [0.05, 0.1) is 0 Å². The second-order valence-electron chi connectivity index (χ2n) is 5.34. The van der Waals surface area contributed by atoms with Crippen LogP contribution in [0.1, 0.15) is 24.2 Å². The van der Waals surface area contributed by atoms with Crippen molar-refractivity contribution in [3.8, 4) is 0 Å². The van der Waals surface area contributed by atoms with Crippen LogP contribution < -0.4 is 10.6 Å². The van der Waals surface area contributed by atoms with Gasteiger partial charge in [0.25, 0.3) is 11.6 Å². The predicted octanol–water partition coefficient (Wildman–Crippen LogP) is 3.48. The first-order valence-electron chi connectivity index (χ1n) is 6.67. The van der Waals surface area contributed by atoms with Crippen LogP contribution in [0.2, 0.25) is 0 Å². The summed E-state index contributed by atoms with van der Waals surface area (Å²) in [6.45, 7) is 2.31. The number of hydrogen-bond acceptors (Lipinski definition) is 2. The summed E-state index contributed by atoms with van der Waals surface area (Å²) in [5, 5.41) is 2.51. The van der Waals surface area contributed by atoms with Gasteiger partial charge in [-0.1, -0.05) is 32.0 Å². The third kappa shape index (κ3) is 4.37. The molecular weight excluding hydrogens is 326 g/mol. The molecular formula is C14H16F6N2O. The SMILES string of the molecule is CC(C)CNC(NC(=O)c1ccccc1)(C(F)(F)F)C(F)(F)F. The zero-order chi connectivity index (χ0) is 17.9.